The van der Waals surface area contributed by atoms with E-state index in [0.29, 0.717) is 6.54 Å². The zero-order chi connectivity index (χ0) is 7.82. The molecule has 2 nitrogen and oxygen atoms in total. The topological polar surface area (TPSA) is 21.3 Å². The molecule has 0 saturated carbocycles. The number of halogens is 1. The SMILES string of the molecule is CC.FOC1CCCNC1. The molecule has 0 radical (unpaired) electrons. The van der Waals surface area contributed by atoms with Crippen LogP contribution in [0.25, 0.3) is 0 Å². The molecule has 3 heteroatoms. The van der Waals surface area contributed by atoms with Crippen LogP contribution in [0.15, 0.2) is 0 Å². The molecule has 0 amide bonds. The smallest absolute Gasteiger partial charge is 0.111 e. The summed E-state index contributed by atoms with van der Waals surface area (Å²) in [5.41, 5.74) is 0. The third-order valence-corrected chi connectivity index (χ3v) is 1.38. The lowest BCUT2D eigenvalue weighted by atomic mass is 10.1. The molecule has 0 aromatic rings. The van der Waals surface area contributed by atoms with Crippen LogP contribution in [0.1, 0.15) is 26.7 Å². The van der Waals surface area contributed by atoms with Gasteiger partial charge in [0, 0.05) is 6.54 Å². The molecule has 0 aromatic heterocycles. The van der Waals surface area contributed by atoms with E-state index in [1.165, 1.54) is 0 Å². The highest BCUT2D eigenvalue weighted by Gasteiger charge is 2.12. The van der Waals surface area contributed by atoms with Crippen LogP contribution in [0.5, 0.6) is 0 Å². The van der Waals surface area contributed by atoms with Gasteiger partial charge in [-0.05, 0) is 23.9 Å². The Morgan fingerprint density at radius 1 is 1.50 bits per heavy atom. The lowest BCUT2D eigenvalue weighted by molar-refractivity contribution is -0.182. The second-order valence-electron chi connectivity index (χ2n) is 2.06. The second kappa shape index (κ2) is 6.96. The zero-order valence-electron chi connectivity index (χ0n) is 6.69. The number of rotatable bonds is 1. The van der Waals surface area contributed by atoms with Gasteiger partial charge in [0.05, 0.1) is 0 Å². The van der Waals surface area contributed by atoms with Gasteiger partial charge in [0.1, 0.15) is 6.10 Å². The van der Waals surface area contributed by atoms with Crippen LogP contribution in [0.4, 0.5) is 4.53 Å². The van der Waals surface area contributed by atoms with Crippen molar-refractivity contribution in [1.82, 2.24) is 5.32 Å². The first-order chi connectivity index (χ1) is 4.93. The fourth-order valence-corrected chi connectivity index (χ4v) is 0.896. The Balaban J connectivity index is 0.000000371. The lowest BCUT2D eigenvalue weighted by Crippen LogP contribution is -2.33. The molecule has 1 N–H and O–H groups in total. The number of piperidine rings is 1. The summed E-state index contributed by atoms with van der Waals surface area (Å²) < 4.78 is 11.3. The van der Waals surface area contributed by atoms with Crippen LogP contribution >= 0.6 is 0 Å². The average molecular weight is 149 g/mol. The van der Waals surface area contributed by atoms with E-state index < -0.39 is 0 Å². The number of hydrogen-bond acceptors (Lipinski definition) is 2. The van der Waals surface area contributed by atoms with Gasteiger partial charge in [-0.3, -0.25) is 0 Å². The van der Waals surface area contributed by atoms with Crippen LogP contribution < -0.4 is 5.32 Å². The van der Waals surface area contributed by atoms with Crippen molar-refractivity contribution in [3.63, 3.8) is 0 Å². The van der Waals surface area contributed by atoms with Gasteiger partial charge in [0.15, 0.2) is 0 Å². The Morgan fingerprint density at radius 3 is 2.50 bits per heavy atom. The molecule has 1 aliphatic rings. The quantitative estimate of drug-likeness (QED) is 0.612. The molecule has 0 aliphatic carbocycles. The van der Waals surface area contributed by atoms with Crippen molar-refractivity contribution in [2.75, 3.05) is 13.1 Å². The minimum Gasteiger partial charge on any atom is -0.314 e. The van der Waals surface area contributed by atoms with E-state index in [2.05, 4.69) is 10.3 Å². The molecular formula is C7H16FNO. The van der Waals surface area contributed by atoms with Crippen molar-refractivity contribution in [2.45, 2.75) is 32.8 Å². The van der Waals surface area contributed by atoms with Gasteiger partial charge in [-0.2, -0.15) is 4.94 Å². The van der Waals surface area contributed by atoms with Gasteiger partial charge in [-0.25, -0.2) is 0 Å². The van der Waals surface area contributed by atoms with Gasteiger partial charge < -0.3 is 5.32 Å². The minimum atomic E-state index is -0.191. The van der Waals surface area contributed by atoms with E-state index >= 15 is 0 Å². The highest BCUT2D eigenvalue weighted by atomic mass is 19.3. The maximum Gasteiger partial charge on any atom is 0.111 e. The summed E-state index contributed by atoms with van der Waals surface area (Å²) in [4.78, 5) is 3.63. The van der Waals surface area contributed by atoms with Gasteiger partial charge in [0.25, 0.3) is 0 Å². The summed E-state index contributed by atoms with van der Waals surface area (Å²) in [6, 6.07) is 0. The molecule has 1 rings (SSSR count). The highest BCUT2D eigenvalue weighted by molar-refractivity contribution is 4.66. The van der Waals surface area contributed by atoms with E-state index in [1.807, 2.05) is 13.8 Å². The van der Waals surface area contributed by atoms with E-state index in [9.17, 15) is 4.53 Å². The third-order valence-electron chi connectivity index (χ3n) is 1.38. The fraction of sp³-hybridized carbons (Fsp3) is 1.00. The van der Waals surface area contributed by atoms with Crippen LogP contribution in [-0.4, -0.2) is 19.2 Å². The Morgan fingerprint density at radius 2 is 2.20 bits per heavy atom. The number of nitrogens with one attached hydrogen (secondary N) is 1. The van der Waals surface area contributed by atoms with E-state index in [1.54, 1.807) is 0 Å². The van der Waals surface area contributed by atoms with Crippen LogP contribution in [-0.2, 0) is 4.94 Å². The largest absolute Gasteiger partial charge is 0.314 e. The van der Waals surface area contributed by atoms with Crippen molar-refractivity contribution in [3.8, 4) is 0 Å². The van der Waals surface area contributed by atoms with Crippen molar-refractivity contribution in [2.24, 2.45) is 0 Å². The van der Waals surface area contributed by atoms with E-state index in [-0.39, 0.29) is 6.10 Å². The second-order valence-corrected chi connectivity index (χ2v) is 2.06. The lowest BCUT2D eigenvalue weighted by Gasteiger charge is -2.17. The molecule has 0 spiro atoms. The van der Waals surface area contributed by atoms with Crippen LogP contribution in [0.3, 0.4) is 0 Å². The minimum absolute atomic E-state index is 0.191. The van der Waals surface area contributed by atoms with E-state index in [0.717, 1.165) is 19.4 Å². The molecule has 0 aromatic carbocycles. The molecule has 1 atom stereocenters. The summed E-state index contributed by atoms with van der Waals surface area (Å²) in [5, 5.41) is 3.02. The third kappa shape index (κ3) is 3.80. The molecule has 1 fully saturated rings. The highest BCUT2D eigenvalue weighted by Crippen LogP contribution is 2.04. The first-order valence-electron chi connectivity index (χ1n) is 3.91. The summed E-state index contributed by atoms with van der Waals surface area (Å²) in [5.74, 6) is 0. The normalized spacial score (nSPS) is 24.9. The fourth-order valence-electron chi connectivity index (χ4n) is 0.896. The predicted octanol–water partition coefficient (Wildman–Crippen LogP) is 1.67. The number of hydrogen-bond donors (Lipinski definition) is 1. The summed E-state index contributed by atoms with van der Waals surface area (Å²) in [7, 11) is 0. The van der Waals surface area contributed by atoms with Crippen molar-refractivity contribution in [3.05, 3.63) is 0 Å². The molecule has 1 aliphatic heterocycles. The summed E-state index contributed by atoms with van der Waals surface area (Å²) >= 11 is 0. The van der Waals surface area contributed by atoms with Crippen molar-refractivity contribution in [1.29, 1.82) is 0 Å². The molecule has 1 saturated heterocycles. The van der Waals surface area contributed by atoms with Gasteiger partial charge in [-0.1, -0.05) is 13.8 Å². The first-order valence-corrected chi connectivity index (χ1v) is 3.91. The molecule has 1 heterocycles. The van der Waals surface area contributed by atoms with Crippen LogP contribution in [0.2, 0.25) is 0 Å². The van der Waals surface area contributed by atoms with Gasteiger partial charge in [-0.15, -0.1) is 0 Å². The van der Waals surface area contributed by atoms with E-state index in [4.69, 9.17) is 0 Å². The Kier molecular flexibility index (Phi) is 6.86. The maximum atomic E-state index is 11.3. The van der Waals surface area contributed by atoms with Gasteiger partial charge in [0.2, 0.25) is 0 Å². The summed E-state index contributed by atoms with van der Waals surface area (Å²) in [6.07, 6.45) is 1.68. The first kappa shape index (κ1) is 9.85. The maximum absolute atomic E-state index is 11.3. The molecule has 62 valence electrons. The molecule has 10 heavy (non-hydrogen) atoms. The van der Waals surface area contributed by atoms with Crippen molar-refractivity contribution >= 4 is 0 Å². The van der Waals surface area contributed by atoms with Gasteiger partial charge >= 0.3 is 0 Å². The zero-order valence-corrected chi connectivity index (χ0v) is 6.69. The standard InChI is InChI=1S/C5H10FNO.C2H6/c6-8-5-2-1-3-7-4-5;1-2/h5,7H,1-4H2;1-2H3. The monoisotopic (exact) mass is 149 g/mol. The Labute approximate surface area is 61.7 Å². The predicted molar refractivity (Wildman–Crippen MR) is 39.4 cm³/mol. The molecule has 1 unspecified atom stereocenters. The Hall–Kier alpha value is -0.150. The van der Waals surface area contributed by atoms with Crippen molar-refractivity contribution < 1.29 is 9.47 Å². The molecular weight excluding hydrogens is 133 g/mol. The van der Waals surface area contributed by atoms with Crippen LogP contribution in [0, 0.1) is 0 Å². The summed E-state index contributed by atoms with van der Waals surface area (Å²) in [6.45, 7) is 5.66. The Bertz CT molecular complexity index is 64.6. The average Bonchev–Trinajstić information content (AvgIpc) is 2.10. The molecule has 0 bridgehead atoms.